The Morgan fingerprint density at radius 1 is 1.58 bits per heavy atom. The van der Waals surface area contributed by atoms with Crippen molar-refractivity contribution in [2.75, 3.05) is 18.0 Å². The first kappa shape index (κ1) is 14.0. The molecule has 0 aliphatic carbocycles. The average Bonchev–Trinajstić information content (AvgIpc) is 2.84. The molecule has 1 heterocycles. The van der Waals surface area contributed by atoms with E-state index in [9.17, 15) is 13.4 Å². The normalized spacial score (nSPS) is 22.5. The van der Waals surface area contributed by atoms with Gasteiger partial charge in [-0.3, -0.25) is 4.79 Å². The van der Waals surface area contributed by atoms with E-state index in [0.29, 0.717) is 42.3 Å². The van der Waals surface area contributed by atoms with Crippen LogP contribution in [0.15, 0.2) is 18.2 Å². The predicted molar refractivity (Wildman–Crippen MR) is 69.3 cm³/mol. The van der Waals surface area contributed by atoms with E-state index in [1.807, 2.05) is 0 Å². The van der Waals surface area contributed by atoms with E-state index >= 15 is 0 Å². The van der Waals surface area contributed by atoms with Crippen LogP contribution in [0, 0.1) is 5.82 Å². The molecule has 1 aromatic rings. The highest BCUT2D eigenvalue weighted by Gasteiger charge is 2.32. The summed E-state index contributed by atoms with van der Waals surface area (Å²) >= 11 is 0.315. The van der Waals surface area contributed by atoms with Gasteiger partial charge in [-0.25, -0.2) is 4.39 Å². The summed E-state index contributed by atoms with van der Waals surface area (Å²) in [5, 5.41) is 0. The molecule has 0 amide bonds. The van der Waals surface area contributed by atoms with Crippen LogP contribution in [0.2, 0.25) is 0 Å². The Hall–Kier alpha value is -1.44. The number of hydrogen-bond acceptors (Lipinski definition) is 5. The molecule has 0 spiro atoms. The summed E-state index contributed by atoms with van der Waals surface area (Å²) in [7, 11) is 0. The molecule has 0 radical (unpaired) electrons. The van der Waals surface area contributed by atoms with Crippen LogP contribution in [0.4, 0.5) is 10.1 Å². The molecule has 1 aromatic carbocycles. The molecule has 102 valence electrons. The Kier molecular flexibility index (Phi) is 4.52. The van der Waals surface area contributed by atoms with Crippen molar-refractivity contribution in [3.63, 3.8) is 0 Å². The van der Waals surface area contributed by atoms with Crippen molar-refractivity contribution < 1.29 is 18.1 Å². The highest BCUT2D eigenvalue weighted by molar-refractivity contribution is 7.64. The molecule has 1 aliphatic rings. The van der Waals surface area contributed by atoms with Crippen LogP contribution in [-0.4, -0.2) is 31.7 Å². The Labute approximate surface area is 114 Å². The number of hydrogen-bond donors (Lipinski definition) is 1. The van der Waals surface area contributed by atoms with Crippen molar-refractivity contribution in [3.8, 4) is 0 Å². The first-order valence-electron chi connectivity index (χ1n) is 5.80. The van der Waals surface area contributed by atoms with Gasteiger partial charge in [-0.2, -0.15) is 0 Å². The number of carbonyl (C=O) groups is 1. The third kappa shape index (κ3) is 2.94. The molecule has 2 rings (SSSR count). The second kappa shape index (κ2) is 6.14. The van der Waals surface area contributed by atoms with Crippen LogP contribution < -0.4 is 10.6 Å². The van der Waals surface area contributed by atoms with Gasteiger partial charge in [-0.05, 0) is 18.2 Å². The monoisotopic (exact) mass is 285 g/mol. The minimum Gasteiger partial charge on any atom is -0.345 e. The lowest BCUT2D eigenvalue weighted by Crippen LogP contribution is -2.31. The lowest BCUT2D eigenvalue weighted by atomic mass is 10.2. The number of carbonyl (C=O) groups excluding carboxylic acids is 1. The Morgan fingerprint density at radius 3 is 2.95 bits per heavy atom. The van der Waals surface area contributed by atoms with Crippen molar-refractivity contribution in [2.45, 2.75) is 18.1 Å². The molecule has 1 aliphatic heterocycles. The maximum atomic E-state index is 13.8. The third-order valence-electron chi connectivity index (χ3n) is 3.00. The van der Waals surface area contributed by atoms with Gasteiger partial charge in [0.2, 0.25) is 0 Å². The van der Waals surface area contributed by atoms with Crippen LogP contribution in [0.25, 0.3) is 0 Å². The van der Waals surface area contributed by atoms with Gasteiger partial charge in [0, 0.05) is 23.0 Å². The summed E-state index contributed by atoms with van der Waals surface area (Å²) in [5.41, 5.74) is 6.40. The second-order valence-corrected chi connectivity index (χ2v) is 4.74. The summed E-state index contributed by atoms with van der Waals surface area (Å²) in [6, 6.07) is 4.53. The minimum absolute atomic E-state index is 0.0746. The number of nitrogens with zero attached hydrogens (tertiary/aromatic N) is 1. The molecule has 1 unspecified atom stereocenters. The van der Waals surface area contributed by atoms with Gasteiger partial charge in [-0.1, -0.05) is 0 Å². The van der Waals surface area contributed by atoms with Crippen molar-refractivity contribution in [3.05, 3.63) is 29.6 Å². The number of aldehydes is 1. The fourth-order valence-electron chi connectivity index (χ4n) is 2.02. The number of benzene rings is 1. The lowest BCUT2D eigenvalue weighted by Gasteiger charge is -2.20. The van der Waals surface area contributed by atoms with Crippen molar-refractivity contribution in [2.24, 2.45) is 5.73 Å². The second-order valence-electron chi connectivity index (χ2n) is 4.21. The molecule has 19 heavy (non-hydrogen) atoms. The lowest BCUT2D eigenvalue weighted by molar-refractivity contribution is -0.117. The number of nitrogens with two attached hydrogens (primary N) is 1. The zero-order chi connectivity index (χ0) is 13.8. The fourth-order valence-corrected chi connectivity index (χ4v) is 2.38. The highest BCUT2D eigenvalue weighted by Crippen LogP contribution is 2.25. The molecule has 5 nitrogen and oxygen atoms in total. The quantitative estimate of drug-likeness (QED) is 0.628. The largest absolute Gasteiger partial charge is 0.463 e. The van der Waals surface area contributed by atoms with E-state index < -0.39 is 12.0 Å². The first-order chi connectivity index (χ1) is 9.19. The fraction of sp³-hybridized carbons (Fsp3) is 0.417. The Bertz CT molecular complexity index is 486. The van der Waals surface area contributed by atoms with Crippen LogP contribution in [-0.2, 0) is 31.2 Å². The zero-order valence-corrected chi connectivity index (χ0v) is 10.9. The SMILES string of the molecule is NC[C@H]1CN(c2ccc(C[S+]=O)c(F)c2)C(C=O)O1. The van der Waals surface area contributed by atoms with Gasteiger partial charge in [0.1, 0.15) is 5.82 Å². The van der Waals surface area contributed by atoms with E-state index in [4.69, 9.17) is 10.5 Å². The van der Waals surface area contributed by atoms with Gasteiger partial charge in [0.25, 0.3) is 5.75 Å². The summed E-state index contributed by atoms with van der Waals surface area (Å²) in [5.74, 6) is -0.382. The smallest absolute Gasteiger partial charge is 0.345 e. The molecule has 0 bridgehead atoms. The van der Waals surface area contributed by atoms with Crippen molar-refractivity contribution in [1.29, 1.82) is 0 Å². The molecular formula is C12H14FN2O3S+. The molecule has 7 heteroatoms. The average molecular weight is 285 g/mol. The molecule has 0 aromatic heterocycles. The van der Waals surface area contributed by atoms with E-state index in [2.05, 4.69) is 0 Å². The molecule has 2 N–H and O–H groups in total. The van der Waals surface area contributed by atoms with Gasteiger partial charge in [-0.15, -0.1) is 0 Å². The van der Waals surface area contributed by atoms with E-state index in [1.54, 1.807) is 17.0 Å². The topological polar surface area (TPSA) is 72.6 Å². The van der Waals surface area contributed by atoms with E-state index in [0.717, 1.165) is 0 Å². The molecule has 2 atom stereocenters. The summed E-state index contributed by atoms with van der Waals surface area (Å²) in [4.78, 5) is 12.6. The standard InChI is InChI=1S/C12H14FN2O3S/c13-11-3-9(2-1-8(11)7-19-17)15-5-10(4-14)18-12(15)6-16/h1-3,6,10,12H,4-5,7,14H2/q+1/t10-,12?/m0/s1. The maximum absolute atomic E-state index is 13.8. The summed E-state index contributed by atoms with van der Waals surface area (Å²) in [6.07, 6.45) is -0.322. The number of ether oxygens (including phenoxy) is 1. The van der Waals surface area contributed by atoms with Crippen LogP contribution in [0.3, 0.4) is 0 Å². The Balaban J connectivity index is 2.23. The Morgan fingerprint density at radius 2 is 2.37 bits per heavy atom. The molecule has 1 saturated heterocycles. The zero-order valence-electron chi connectivity index (χ0n) is 10.1. The van der Waals surface area contributed by atoms with Gasteiger partial charge < -0.3 is 15.4 Å². The van der Waals surface area contributed by atoms with Gasteiger partial charge in [0.05, 0.1) is 11.7 Å². The van der Waals surface area contributed by atoms with E-state index in [-0.39, 0.29) is 11.9 Å². The number of rotatable bonds is 5. The van der Waals surface area contributed by atoms with Crippen LogP contribution in [0.5, 0.6) is 0 Å². The number of halogens is 1. The van der Waals surface area contributed by atoms with E-state index in [1.165, 1.54) is 6.07 Å². The summed E-state index contributed by atoms with van der Waals surface area (Å²) in [6.45, 7) is 0.739. The molecule has 1 fully saturated rings. The van der Waals surface area contributed by atoms with Crippen LogP contribution >= 0.6 is 0 Å². The number of anilines is 1. The minimum atomic E-state index is -0.743. The predicted octanol–water partition coefficient (Wildman–Crippen LogP) is 0.443. The van der Waals surface area contributed by atoms with Gasteiger partial charge >= 0.3 is 11.7 Å². The molecule has 0 saturated carbocycles. The first-order valence-corrected chi connectivity index (χ1v) is 6.71. The van der Waals surface area contributed by atoms with Crippen LogP contribution in [0.1, 0.15) is 5.56 Å². The van der Waals surface area contributed by atoms with Gasteiger partial charge in [0.15, 0.2) is 12.5 Å². The maximum Gasteiger partial charge on any atom is 0.463 e. The molecular weight excluding hydrogens is 271 g/mol. The third-order valence-corrected chi connectivity index (χ3v) is 3.43. The van der Waals surface area contributed by atoms with Crippen molar-refractivity contribution >= 4 is 23.6 Å². The highest BCUT2D eigenvalue weighted by atomic mass is 32.1. The van der Waals surface area contributed by atoms with Crippen molar-refractivity contribution in [1.82, 2.24) is 0 Å². The summed E-state index contributed by atoms with van der Waals surface area (Å²) < 4.78 is 29.6.